The minimum absolute atomic E-state index is 0. The van der Waals surface area contributed by atoms with Gasteiger partial charge in [0.25, 0.3) is 0 Å². The number of rotatable bonds is 9. The van der Waals surface area contributed by atoms with Gasteiger partial charge in [0, 0.05) is 224 Å². The molecule has 0 aliphatic carbocycles. The summed E-state index contributed by atoms with van der Waals surface area (Å²) < 4.78 is 82.7. The normalized spacial score (nSPS) is 10.6. The molecule has 0 saturated heterocycles. The average molecular weight is 2490 g/mol. The Balaban J connectivity index is 0.000000221. The van der Waals surface area contributed by atoms with Crippen LogP contribution in [-0.2, 0) is 86.8 Å². The first-order chi connectivity index (χ1) is 68.3. The molecular weight excluding hydrogens is 2390 g/mol. The summed E-state index contributed by atoms with van der Waals surface area (Å²) >= 11 is 0. The first-order valence-electron chi connectivity index (χ1n) is 44.9. The summed E-state index contributed by atoms with van der Waals surface area (Å²) in [4.78, 5) is 57.0. The summed E-state index contributed by atoms with van der Waals surface area (Å²) in [5.41, 5.74) is 10.6. The standard InChI is InChI=1S/2C20H12NO2.2C9H5F2N2.2C9H6FN2.4C9H13N.C5H8O2.3Ir/c2*22-20(23)14-9-10-21-19(12-14)18-11-13-5-1-2-6-15(13)16-7-3-4-8-17(16)18;2*10-7-2-3-9(8(11)6-7)13-5-1-4-12-13;2*10-8-4-1-2-5-9(8)12-7-3-6-11-12;4*1-9(2,3)8-4-6-10-7-5-8;1-4(6)3-5(2)7;;;/h2*1-10,12H,(H,22,23);2*1-2,4-6H;2*1-4,6-7H;4*4-7H,1-3H3;3,6H,1-2H3;;;/q6*-1;;;;;;;;. The molecule has 10 aromatic heterocycles. The van der Waals surface area contributed by atoms with Gasteiger partial charge < -0.3 is 15.3 Å². The van der Waals surface area contributed by atoms with Crippen molar-refractivity contribution in [3.63, 3.8) is 0 Å². The molecule has 0 bridgehead atoms. The Morgan fingerprint density at radius 1 is 0.308 bits per heavy atom. The number of aliphatic hydroxyl groups is 1. The van der Waals surface area contributed by atoms with E-state index < -0.39 is 35.2 Å². The fraction of sp³-hybridized carbons (Fsp3) is 0.154. The number of halogens is 6. The van der Waals surface area contributed by atoms with Crippen molar-refractivity contribution < 1.29 is 116 Å². The maximum absolute atomic E-state index is 13.1. The monoisotopic (exact) mass is 2500 g/mol. The van der Waals surface area contributed by atoms with Gasteiger partial charge in [-0.1, -0.05) is 224 Å². The second kappa shape index (κ2) is 57.2. The summed E-state index contributed by atoms with van der Waals surface area (Å²) in [7, 11) is 0. The van der Waals surface area contributed by atoms with E-state index in [1.54, 1.807) is 97.8 Å². The molecule has 0 aliphatic rings. The Morgan fingerprint density at radius 3 is 0.815 bits per heavy atom. The van der Waals surface area contributed by atoms with Crippen LogP contribution in [0.2, 0.25) is 0 Å². The van der Waals surface area contributed by atoms with Gasteiger partial charge in [-0.05, 0) is 165 Å². The third-order valence-electron chi connectivity index (χ3n) is 20.6. The third-order valence-corrected chi connectivity index (χ3v) is 20.6. The van der Waals surface area contributed by atoms with Crippen molar-refractivity contribution in [2.45, 2.75) is 119 Å². The number of carbonyl (C=O) groups is 3. The first kappa shape index (κ1) is 118. The molecule has 0 atom stereocenters. The number of nitrogens with zero attached hydrogens (tertiary/aromatic N) is 14. The Kier molecular flexibility index (Phi) is 46.1. The van der Waals surface area contributed by atoms with Gasteiger partial charge >= 0.3 is 11.9 Å². The van der Waals surface area contributed by atoms with E-state index in [2.05, 4.69) is 243 Å². The fourth-order valence-corrected chi connectivity index (χ4v) is 13.4. The van der Waals surface area contributed by atoms with Gasteiger partial charge in [0.15, 0.2) is 5.78 Å². The Bertz CT molecular complexity index is 6940. The van der Waals surface area contributed by atoms with E-state index in [4.69, 9.17) is 5.11 Å². The van der Waals surface area contributed by atoms with Crippen LogP contribution in [0.25, 0.3) is 88.4 Å². The molecule has 0 fully saturated rings. The fourth-order valence-electron chi connectivity index (χ4n) is 13.4. The number of aliphatic hydroxyl groups excluding tert-OH is 1. The number of hydrogen-bond donors (Lipinski definition) is 3. The molecule has 29 heteroatoms. The second-order valence-electron chi connectivity index (χ2n) is 35.6. The number of carboxylic acid groups (broad SMARTS) is 2. The summed E-state index contributed by atoms with van der Waals surface area (Å²) in [6.07, 6.45) is 31.6. The zero-order valence-corrected chi connectivity index (χ0v) is 89.5. The molecule has 0 spiro atoms. The molecule has 0 aliphatic heterocycles. The van der Waals surface area contributed by atoms with Crippen molar-refractivity contribution in [2.75, 3.05) is 0 Å². The average Bonchev–Trinajstić information content (AvgIpc) is 1.21. The van der Waals surface area contributed by atoms with E-state index in [1.807, 2.05) is 122 Å². The van der Waals surface area contributed by atoms with Gasteiger partial charge in [0.05, 0.1) is 16.9 Å². The Morgan fingerprint density at radius 2 is 0.582 bits per heavy atom. The zero-order chi connectivity index (χ0) is 103. The maximum Gasteiger partial charge on any atom is 0.335 e. The van der Waals surface area contributed by atoms with Crippen molar-refractivity contribution in [3.05, 3.63) is 483 Å². The van der Waals surface area contributed by atoms with Crippen LogP contribution in [-0.4, -0.2) is 102 Å². The van der Waals surface area contributed by atoms with Gasteiger partial charge in [-0.2, -0.15) is 68.9 Å². The molecule has 3 radical (unpaired) electrons. The summed E-state index contributed by atoms with van der Waals surface area (Å²) in [5, 5.41) is 50.6. The Labute approximate surface area is 886 Å². The smallest absolute Gasteiger partial charge is 0.335 e. The van der Waals surface area contributed by atoms with Crippen molar-refractivity contribution in [2.24, 2.45) is 0 Å². The van der Waals surface area contributed by atoms with Crippen LogP contribution in [0.3, 0.4) is 0 Å². The number of pyridine rings is 6. The van der Waals surface area contributed by atoms with Crippen LogP contribution in [0, 0.1) is 71.3 Å². The number of benzene rings is 10. The van der Waals surface area contributed by atoms with E-state index in [9.17, 15) is 50.9 Å². The number of aromatic carboxylic acids is 2. The van der Waals surface area contributed by atoms with Crippen LogP contribution in [0.4, 0.5) is 26.3 Å². The quantitative estimate of drug-likeness (QED) is 0.0399. The predicted molar refractivity (Wildman–Crippen MR) is 549 cm³/mol. The largest absolute Gasteiger partial charge is 0.512 e. The molecule has 10 aromatic carbocycles. The Hall–Kier alpha value is -15.3. The van der Waals surface area contributed by atoms with Crippen LogP contribution < -0.4 is 0 Å². The number of hydrogen-bond acceptors (Lipinski definition) is 14. The summed E-state index contributed by atoms with van der Waals surface area (Å²) in [6.45, 7) is 29.2. The van der Waals surface area contributed by atoms with E-state index in [1.165, 1.54) is 110 Å². The third kappa shape index (κ3) is 36.2. The van der Waals surface area contributed by atoms with Crippen LogP contribution in [0.1, 0.15) is 140 Å². The van der Waals surface area contributed by atoms with Crippen molar-refractivity contribution in [1.82, 2.24) is 69.0 Å². The molecule has 20 rings (SSSR count). The second-order valence-corrected chi connectivity index (χ2v) is 35.6. The zero-order valence-electron chi connectivity index (χ0n) is 82.3. The first-order valence-corrected chi connectivity index (χ1v) is 44.9. The molecule has 146 heavy (non-hydrogen) atoms. The van der Waals surface area contributed by atoms with Gasteiger partial charge in [-0.25, -0.2) is 9.59 Å². The molecule has 20 aromatic rings. The van der Waals surface area contributed by atoms with Crippen LogP contribution in [0.5, 0.6) is 0 Å². The molecule has 755 valence electrons. The number of ketones is 1. The SMILES string of the molecule is CC(=O)C=C(C)O.CC(C)(C)c1ccncc1.CC(C)(C)c1ccncc1.CC(C)(C)c1ccncc1.CC(C)(C)c1ccncc1.Fc1c[c-]c(-n2cccn2)c(F)c1.Fc1c[c-]c(-n2cccn2)c(F)c1.Fc1ccc[c-]c1-n1cccn1.Fc1ccc[c-]c1-n1cccn1.O=C(O)c1ccnc(-c2[c-]c3ccccc3c3ccccc23)c1.O=C(O)c1ccnc(-c2[c-]c3ccccc3c3ccccc23)c1.[Ir].[Ir].[Ir]. The molecule has 0 amide bonds. The molecule has 0 saturated carbocycles. The van der Waals surface area contributed by atoms with Gasteiger partial charge in [-0.15, -0.1) is 71.4 Å². The van der Waals surface area contributed by atoms with Crippen molar-refractivity contribution in [1.29, 1.82) is 0 Å². The molecule has 10 heterocycles. The van der Waals surface area contributed by atoms with Crippen molar-refractivity contribution in [3.8, 4) is 45.3 Å². The summed E-state index contributed by atoms with van der Waals surface area (Å²) in [6, 6.07) is 91.8. The van der Waals surface area contributed by atoms with Gasteiger partial charge in [0.1, 0.15) is 0 Å². The number of allylic oxidation sites excluding steroid dienone is 2. The maximum atomic E-state index is 13.1. The molecule has 3 N–H and O–H groups in total. The molecular formula is C117H106F6Ir3N14O6-6. The predicted octanol–water partition coefficient (Wildman–Crippen LogP) is 27.2. The minimum atomic E-state index is -0.959. The van der Waals surface area contributed by atoms with E-state index in [0.717, 1.165) is 78.5 Å². The van der Waals surface area contributed by atoms with Crippen molar-refractivity contribution >= 4 is 60.8 Å². The number of fused-ring (bicyclic) bond motifs is 6. The van der Waals surface area contributed by atoms with E-state index in [-0.39, 0.29) is 128 Å². The van der Waals surface area contributed by atoms with Crippen LogP contribution in [0.15, 0.2) is 378 Å². The molecule has 0 unspecified atom stereocenters. The van der Waals surface area contributed by atoms with E-state index >= 15 is 0 Å². The topological polar surface area (TPSA) is 261 Å². The van der Waals surface area contributed by atoms with Gasteiger partial charge in [-0.3, -0.25) is 79.8 Å². The number of carboxylic acids is 2. The number of aromatic nitrogens is 14. The number of para-hydroxylation sites is 2. The molecule has 20 nitrogen and oxygen atoms in total. The van der Waals surface area contributed by atoms with Gasteiger partial charge in [0.2, 0.25) is 0 Å². The summed E-state index contributed by atoms with van der Waals surface area (Å²) in [5.74, 6) is -5.26. The van der Waals surface area contributed by atoms with Crippen LogP contribution >= 0.6 is 0 Å². The minimum Gasteiger partial charge on any atom is -0.512 e. The van der Waals surface area contributed by atoms with E-state index in [0.29, 0.717) is 22.8 Å². The number of carbonyl (C=O) groups excluding carboxylic acids is 1.